The molecule has 0 aliphatic carbocycles. The first-order valence-corrected chi connectivity index (χ1v) is 8.81. The summed E-state index contributed by atoms with van der Waals surface area (Å²) in [6, 6.07) is 0. The monoisotopic (exact) mass is 557 g/mol. The standard InChI is InChI=1S/C11H8F17NO3S/c12-4(13,2-1-3-32-33(29,30)31)5(14,15)6(16,17)7(18,19)8(20,21)9(22,23)10(24,25)11(26,27)28/h1-3H2,(H2,29,30,31). The fraction of sp³-hybridized carbons (Fsp3) is 1.00. The van der Waals surface area contributed by atoms with Gasteiger partial charge in [-0.1, -0.05) is 0 Å². The highest BCUT2D eigenvalue weighted by molar-refractivity contribution is 7.84. The maximum Gasteiger partial charge on any atom is 0.460 e. The molecule has 0 amide bonds. The van der Waals surface area contributed by atoms with Crippen LogP contribution >= 0.6 is 0 Å². The van der Waals surface area contributed by atoms with Crippen molar-refractivity contribution < 1.29 is 87.2 Å². The van der Waals surface area contributed by atoms with E-state index in [1.165, 1.54) is 0 Å². The number of halogens is 17. The molecule has 0 fully saturated rings. The average Bonchev–Trinajstić information content (AvgIpc) is 2.55. The van der Waals surface area contributed by atoms with Crippen molar-refractivity contribution in [1.29, 1.82) is 0 Å². The molecule has 0 saturated heterocycles. The van der Waals surface area contributed by atoms with Gasteiger partial charge in [0.2, 0.25) is 0 Å². The topological polar surface area (TPSA) is 69.4 Å². The zero-order chi connectivity index (χ0) is 27.3. The second-order valence-electron chi connectivity index (χ2n) is 6.07. The molecule has 0 aliphatic heterocycles. The molecule has 33 heavy (non-hydrogen) atoms. The van der Waals surface area contributed by atoms with Gasteiger partial charge in [-0.25, -0.2) is 5.14 Å². The molecule has 0 radical (unpaired) electrons. The van der Waals surface area contributed by atoms with E-state index in [1.807, 2.05) is 0 Å². The van der Waals surface area contributed by atoms with Crippen LogP contribution in [0.5, 0.6) is 0 Å². The van der Waals surface area contributed by atoms with Gasteiger partial charge in [0.05, 0.1) is 6.61 Å². The van der Waals surface area contributed by atoms with Gasteiger partial charge in [0, 0.05) is 6.42 Å². The quantitative estimate of drug-likeness (QED) is 0.288. The van der Waals surface area contributed by atoms with Crippen LogP contribution in [0.25, 0.3) is 0 Å². The van der Waals surface area contributed by atoms with E-state index in [0.717, 1.165) is 0 Å². The lowest BCUT2D eigenvalue weighted by molar-refractivity contribution is -0.461. The summed E-state index contributed by atoms with van der Waals surface area (Å²) in [4.78, 5) is 0. The maximum atomic E-state index is 13.4. The average molecular weight is 557 g/mol. The van der Waals surface area contributed by atoms with E-state index in [0.29, 0.717) is 0 Å². The summed E-state index contributed by atoms with van der Waals surface area (Å²) in [5.74, 6) is -56.9. The first-order chi connectivity index (χ1) is 14.0. The minimum Gasteiger partial charge on any atom is -0.258 e. The summed E-state index contributed by atoms with van der Waals surface area (Å²) in [5, 5.41) is 4.15. The van der Waals surface area contributed by atoms with E-state index in [2.05, 4.69) is 9.32 Å². The van der Waals surface area contributed by atoms with Gasteiger partial charge in [-0.05, 0) is 6.42 Å². The van der Waals surface area contributed by atoms with Gasteiger partial charge in [-0.3, -0.25) is 4.18 Å². The Kier molecular flexibility index (Phi) is 8.08. The lowest BCUT2D eigenvalue weighted by Crippen LogP contribution is -2.74. The highest BCUT2D eigenvalue weighted by Gasteiger charge is 2.95. The van der Waals surface area contributed by atoms with Crippen LogP contribution in [0.4, 0.5) is 74.6 Å². The zero-order valence-electron chi connectivity index (χ0n) is 14.8. The van der Waals surface area contributed by atoms with E-state index in [-0.39, 0.29) is 0 Å². The Balaban J connectivity index is 6.31. The Morgan fingerprint density at radius 1 is 0.545 bits per heavy atom. The Hall–Kier alpha value is -1.32. The summed E-state index contributed by atoms with van der Waals surface area (Å²) in [5.41, 5.74) is 0. The molecule has 0 unspecified atom stereocenters. The van der Waals surface area contributed by atoms with Crippen LogP contribution in [0.2, 0.25) is 0 Å². The van der Waals surface area contributed by atoms with Crippen LogP contribution < -0.4 is 5.14 Å². The van der Waals surface area contributed by atoms with Gasteiger partial charge in [0.25, 0.3) is 0 Å². The van der Waals surface area contributed by atoms with Crippen LogP contribution in [0.15, 0.2) is 0 Å². The van der Waals surface area contributed by atoms with Crippen molar-refractivity contribution in [2.24, 2.45) is 5.14 Å². The summed E-state index contributed by atoms with van der Waals surface area (Å²) in [7, 11) is -4.94. The molecule has 0 atom stereocenters. The fourth-order valence-corrected chi connectivity index (χ4v) is 2.17. The number of hydrogen-bond donors (Lipinski definition) is 1. The molecular weight excluding hydrogens is 549 g/mol. The van der Waals surface area contributed by atoms with E-state index in [1.54, 1.807) is 0 Å². The minimum absolute atomic E-state index is 1.61. The third-order valence-electron chi connectivity index (χ3n) is 3.67. The molecule has 0 saturated carbocycles. The van der Waals surface area contributed by atoms with Gasteiger partial charge in [0.1, 0.15) is 0 Å². The van der Waals surface area contributed by atoms with E-state index in [4.69, 9.17) is 0 Å². The van der Waals surface area contributed by atoms with Gasteiger partial charge < -0.3 is 0 Å². The zero-order valence-corrected chi connectivity index (χ0v) is 15.6. The van der Waals surface area contributed by atoms with Gasteiger partial charge >= 0.3 is 57.9 Å². The first-order valence-electron chi connectivity index (χ1n) is 7.34. The van der Waals surface area contributed by atoms with Crippen molar-refractivity contribution in [2.75, 3.05) is 6.61 Å². The number of rotatable bonds is 11. The van der Waals surface area contributed by atoms with Crippen LogP contribution in [0, 0.1) is 0 Å². The SMILES string of the molecule is NS(=O)(=O)OCCCC(F)(F)C(F)(F)C(F)(F)C(F)(F)C(F)(F)C(F)(F)C(F)(F)C(F)(F)F. The normalized spacial score (nSPS) is 16.3. The molecule has 2 N–H and O–H groups in total. The Morgan fingerprint density at radius 3 is 1.15 bits per heavy atom. The van der Waals surface area contributed by atoms with Crippen LogP contribution in [-0.4, -0.2) is 62.7 Å². The molecule has 22 heteroatoms. The summed E-state index contributed by atoms with van der Waals surface area (Å²) in [6.07, 6.45) is -12.4. The molecule has 0 heterocycles. The van der Waals surface area contributed by atoms with Crippen molar-refractivity contribution in [3.63, 3.8) is 0 Å². The summed E-state index contributed by atoms with van der Waals surface area (Å²) in [6.45, 7) is -1.61. The Bertz CT molecular complexity index is 804. The lowest BCUT2D eigenvalue weighted by Gasteiger charge is -2.42. The van der Waals surface area contributed by atoms with Gasteiger partial charge in [-0.2, -0.15) is 83.1 Å². The van der Waals surface area contributed by atoms with Crippen LogP contribution in [0.1, 0.15) is 12.8 Å². The molecule has 0 aromatic carbocycles. The second-order valence-corrected chi connectivity index (χ2v) is 7.29. The smallest absolute Gasteiger partial charge is 0.258 e. The number of hydrogen-bond acceptors (Lipinski definition) is 3. The second kappa shape index (κ2) is 8.41. The van der Waals surface area contributed by atoms with Crippen molar-refractivity contribution in [3.05, 3.63) is 0 Å². The highest BCUT2D eigenvalue weighted by Crippen LogP contribution is 2.64. The van der Waals surface area contributed by atoms with E-state index >= 15 is 0 Å². The predicted molar refractivity (Wildman–Crippen MR) is 69.0 cm³/mol. The molecule has 0 aliphatic rings. The van der Waals surface area contributed by atoms with Crippen molar-refractivity contribution >= 4 is 10.3 Å². The Morgan fingerprint density at radius 2 is 0.848 bits per heavy atom. The Labute approximate surface area is 171 Å². The number of alkyl halides is 17. The van der Waals surface area contributed by atoms with Gasteiger partial charge in [-0.15, -0.1) is 0 Å². The minimum atomic E-state index is -8.70. The highest BCUT2D eigenvalue weighted by atomic mass is 32.2. The number of nitrogens with two attached hydrogens (primary N) is 1. The van der Waals surface area contributed by atoms with E-state index < -0.39 is 77.4 Å². The largest absolute Gasteiger partial charge is 0.460 e. The van der Waals surface area contributed by atoms with Crippen LogP contribution in [-0.2, 0) is 14.5 Å². The molecular formula is C11H8F17NO3S. The van der Waals surface area contributed by atoms with Crippen molar-refractivity contribution in [3.8, 4) is 0 Å². The molecule has 0 spiro atoms. The summed E-state index contributed by atoms with van der Waals surface area (Å²) >= 11 is 0. The third kappa shape index (κ3) is 5.05. The molecule has 4 nitrogen and oxygen atoms in total. The third-order valence-corrected chi connectivity index (χ3v) is 4.16. The maximum absolute atomic E-state index is 13.4. The molecule has 0 rings (SSSR count). The lowest BCUT2D eigenvalue weighted by atomic mass is 9.88. The molecule has 0 bridgehead atoms. The molecule has 0 aromatic rings. The fourth-order valence-electron chi connectivity index (χ4n) is 1.82. The molecule has 0 aromatic heterocycles. The first kappa shape index (κ1) is 31.7. The predicted octanol–water partition coefficient (Wildman–Crippen LogP) is 5.00. The van der Waals surface area contributed by atoms with E-state index in [9.17, 15) is 83.1 Å². The van der Waals surface area contributed by atoms with Crippen LogP contribution in [0.3, 0.4) is 0 Å². The van der Waals surface area contributed by atoms with Crippen molar-refractivity contribution in [2.45, 2.75) is 60.5 Å². The summed E-state index contributed by atoms with van der Waals surface area (Å²) < 4.78 is 245. The van der Waals surface area contributed by atoms with Crippen molar-refractivity contribution in [1.82, 2.24) is 0 Å². The van der Waals surface area contributed by atoms with Gasteiger partial charge in [0.15, 0.2) is 0 Å². The molecule has 200 valence electrons.